The maximum Gasteiger partial charge on any atom is 0.183 e. The van der Waals surface area contributed by atoms with Crippen LogP contribution in [-0.4, -0.2) is 69.6 Å². The van der Waals surface area contributed by atoms with Crippen LogP contribution in [-0.2, 0) is 9.47 Å². The molecule has 0 amide bonds. The van der Waals surface area contributed by atoms with E-state index in [2.05, 4.69) is 15.3 Å². The Hall–Kier alpha value is -1.39. The summed E-state index contributed by atoms with van der Waals surface area (Å²) in [4.78, 5) is 7.19. The highest BCUT2D eigenvalue weighted by Crippen LogP contribution is 2.24. The number of rotatable bonds is 4. The van der Waals surface area contributed by atoms with Crippen LogP contribution in [0.1, 0.15) is 0 Å². The average Bonchev–Trinajstić information content (AvgIpc) is 2.46. The van der Waals surface area contributed by atoms with E-state index in [1.165, 1.54) is 7.11 Å². The van der Waals surface area contributed by atoms with E-state index in [0.29, 0.717) is 0 Å². The Balaban J connectivity index is 2.18. The zero-order valence-corrected chi connectivity index (χ0v) is 10.7. The highest BCUT2D eigenvalue weighted by Gasteiger charge is 2.44. The van der Waals surface area contributed by atoms with Gasteiger partial charge in [-0.2, -0.15) is 0 Å². The minimum absolute atomic E-state index is 0.149. The molecule has 1 fully saturated rings. The third-order valence-corrected chi connectivity index (χ3v) is 3.08. The van der Waals surface area contributed by atoms with Crippen molar-refractivity contribution < 1.29 is 29.2 Å². The molecule has 0 aromatic carbocycles. The van der Waals surface area contributed by atoms with E-state index in [-0.39, 0.29) is 5.82 Å². The first kappa shape index (κ1) is 15.0. The van der Waals surface area contributed by atoms with Crippen molar-refractivity contribution in [3.8, 4) is 0 Å². The smallest absolute Gasteiger partial charge is 0.183 e. The molecule has 0 bridgehead atoms. The fourth-order valence-corrected chi connectivity index (χ4v) is 2.01. The molecule has 1 aromatic rings. The first-order valence-corrected chi connectivity index (χ1v) is 5.95. The van der Waals surface area contributed by atoms with Crippen LogP contribution >= 0.6 is 0 Å². The topological polar surface area (TPSA) is 117 Å². The predicted molar refractivity (Wildman–Crippen MR) is 64.2 cm³/mol. The van der Waals surface area contributed by atoms with Gasteiger partial charge in [-0.25, -0.2) is 14.4 Å². The van der Waals surface area contributed by atoms with Crippen molar-refractivity contribution in [2.45, 2.75) is 30.6 Å². The van der Waals surface area contributed by atoms with Crippen LogP contribution in [0, 0.1) is 5.82 Å². The van der Waals surface area contributed by atoms with E-state index in [1.54, 1.807) is 0 Å². The average molecular weight is 289 g/mol. The van der Waals surface area contributed by atoms with E-state index < -0.39 is 43.1 Å². The highest BCUT2D eigenvalue weighted by atomic mass is 19.1. The van der Waals surface area contributed by atoms with E-state index >= 15 is 0 Å². The van der Waals surface area contributed by atoms with Crippen LogP contribution in [0.3, 0.4) is 0 Å². The van der Waals surface area contributed by atoms with Gasteiger partial charge in [0, 0.05) is 7.11 Å². The summed E-state index contributed by atoms with van der Waals surface area (Å²) in [5.74, 6) is -0.863. The minimum Gasteiger partial charge on any atom is -0.394 e. The van der Waals surface area contributed by atoms with Gasteiger partial charge in [-0.15, -0.1) is 0 Å². The Morgan fingerprint density at radius 2 is 2.20 bits per heavy atom. The molecule has 1 aromatic heterocycles. The fraction of sp³-hybridized carbons (Fsp3) is 0.636. The quantitative estimate of drug-likeness (QED) is 0.528. The number of aliphatic hydroxyl groups is 3. The molecule has 20 heavy (non-hydrogen) atoms. The van der Waals surface area contributed by atoms with Gasteiger partial charge in [0.25, 0.3) is 0 Å². The summed E-state index contributed by atoms with van der Waals surface area (Å²) < 4.78 is 23.8. The number of hydrogen-bond acceptors (Lipinski definition) is 8. The van der Waals surface area contributed by atoms with Crippen LogP contribution < -0.4 is 5.32 Å². The SMILES string of the molecule is CO[C@H]1O[C@H](CO)[C@H](O)[C@H](O)[C@H]1Nc1ncncc1F. The molecular formula is C11H16FN3O5. The summed E-state index contributed by atoms with van der Waals surface area (Å²) in [7, 11) is 1.33. The molecule has 1 aliphatic rings. The van der Waals surface area contributed by atoms with Gasteiger partial charge in [0.15, 0.2) is 17.9 Å². The van der Waals surface area contributed by atoms with Crippen LogP contribution in [0.25, 0.3) is 0 Å². The van der Waals surface area contributed by atoms with Gasteiger partial charge in [0.2, 0.25) is 0 Å². The molecule has 112 valence electrons. The number of hydrogen-bond donors (Lipinski definition) is 4. The Morgan fingerprint density at radius 1 is 1.45 bits per heavy atom. The first-order chi connectivity index (χ1) is 9.58. The molecule has 0 aliphatic carbocycles. The number of anilines is 1. The Bertz CT molecular complexity index is 450. The summed E-state index contributed by atoms with van der Waals surface area (Å²) in [6.07, 6.45) is -2.55. The number of halogens is 1. The summed E-state index contributed by atoms with van der Waals surface area (Å²) in [6.45, 7) is -0.479. The lowest BCUT2D eigenvalue weighted by Gasteiger charge is -2.41. The normalized spacial score (nSPS) is 34.0. The monoisotopic (exact) mass is 289 g/mol. The van der Waals surface area contributed by atoms with Crippen molar-refractivity contribution in [2.75, 3.05) is 19.0 Å². The number of aromatic nitrogens is 2. The summed E-state index contributed by atoms with van der Waals surface area (Å²) in [5, 5.41) is 31.5. The molecule has 2 heterocycles. The van der Waals surface area contributed by atoms with Crippen LogP contribution in [0.4, 0.5) is 10.2 Å². The predicted octanol–water partition coefficient (Wildman–Crippen LogP) is -1.52. The second kappa shape index (κ2) is 6.37. The second-order valence-corrected chi connectivity index (χ2v) is 4.33. The van der Waals surface area contributed by atoms with E-state index in [4.69, 9.17) is 14.6 Å². The zero-order valence-electron chi connectivity index (χ0n) is 10.7. The molecule has 0 spiro atoms. The first-order valence-electron chi connectivity index (χ1n) is 5.95. The highest BCUT2D eigenvalue weighted by molar-refractivity contribution is 5.36. The number of ether oxygens (including phenoxy) is 2. The molecule has 0 saturated carbocycles. The molecule has 5 atom stereocenters. The lowest BCUT2D eigenvalue weighted by Crippen LogP contribution is -2.61. The Kier molecular flexibility index (Phi) is 4.78. The molecule has 4 N–H and O–H groups in total. The molecule has 1 aliphatic heterocycles. The number of nitrogens with zero attached hydrogens (tertiary/aromatic N) is 2. The standard InChI is InChI=1S/C11H16FN3O5/c1-19-11-7(9(18)8(17)6(3-16)20-11)15-10-5(12)2-13-4-14-10/h2,4,6-9,11,16-18H,3H2,1H3,(H,13,14,15)/t6-,7-,8+,9-,11+/m1/s1. The van der Waals surface area contributed by atoms with Gasteiger partial charge in [0.1, 0.15) is 30.7 Å². The number of aliphatic hydroxyl groups excluding tert-OH is 3. The Labute approximate surface area is 114 Å². The van der Waals surface area contributed by atoms with Gasteiger partial charge in [-0.3, -0.25) is 0 Å². The van der Waals surface area contributed by atoms with Gasteiger partial charge < -0.3 is 30.1 Å². The van der Waals surface area contributed by atoms with Crippen LogP contribution in [0.2, 0.25) is 0 Å². The third-order valence-electron chi connectivity index (χ3n) is 3.08. The fourth-order valence-electron chi connectivity index (χ4n) is 2.01. The van der Waals surface area contributed by atoms with Crippen molar-refractivity contribution in [1.29, 1.82) is 0 Å². The van der Waals surface area contributed by atoms with Crippen molar-refractivity contribution in [3.63, 3.8) is 0 Å². The lowest BCUT2D eigenvalue weighted by molar-refractivity contribution is -0.254. The van der Waals surface area contributed by atoms with Crippen molar-refractivity contribution in [2.24, 2.45) is 0 Å². The molecule has 8 nitrogen and oxygen atoms in total. The maximum absolute atomic E-state index is 13.5. The number of methoxy groups -OCH3 is 1. The van der Waals surface area contributed by atoms with Gasteiger partial charge in [-0.05, 0) is 0 Å². The van der Waals surface area contributed by atoms with Gasteiger partial charge >= 0.3 is 0 Å². The summed E-state index contributed by atoms with van der Waals surface area (Å²) in [6, 6.07) is -0.956. The zero-order chi connectivity index (χ0) is 14.7. The molecule has 2 rings (SSSR count). The third kappa shape index (κ3) is 2.86. The second-order valence-electron chi connectivity index (χ2n) is 4.33. The minimum atomic E-state index is -1.34. The number of nitrogens with one attached hydrogen (secondary N) is 1. The molecule has 9 heteroatoms. The summed E-state index contributed by atoms with van der Waals surface area (Å²) in [5.41, 5.74) is 0. The molecule has 1 saturated heterocycles. The molecular weight excluding hydrogens is 273 g/mol. The molecule has 0 unspecified atom stereocenters. The van der Waals surface area contributed by atoms with E-state index in [9.17, 15) is 14.6 Å². The van der Waals surface area contributed by atoms with E-state index in [0.717, 1.165) is 12.5 Å². The van der Waals surface area contributed by atoms with E-state index in [1.807, 2.05) is 0 Å². The van der Waals surface area contributed by atoms with Crippen LogP contribution in [0.15, 0.2) is 12.5 Å². The van der Waals surface area contributed by atoms with Gasteiger partial charge in [-0.1, -0.05) is 0 Å². The largest absolute Gasteiger partial charge is 0.394 e. The van der Waals surface area contributed by atoms with Crippen LogP contribution in [0.5, 0.6) is 0 Å². The van der Waals surface area contributed by atoms with Crippen molar-refractivity contribution in [3.05, 3.63) is 18.3 Å². The maximum atomic E-state index is 13.5. The Morgan fingerprint density at radius 3 is 2.80 bits per heavy atom. The van der Waals surface area contributed by atoms with Gasteiger partial charge in [0.05, 0.1) is 12.8 Å². The molecule has 0 radical (unpaired) electrons. The lowest BCUT2D eigenvalue weighted by atomic mass is 9.97. The summed E-state index contributed by atoms with van der Waals surface area (Å²) >= 11 is 0. The van der Waals surface area contributed by atoms with Crippen molar-refractivity contribution in [1.82, 2.24) is 9.97 Å². The van der Waals surface area contributed by atoms with Crippen molar-refractivity contribution >= 4 is 5.82 Å².